The molecular formula is C13H26N2O2. The van der Waals surface area contributed by atoms with Gasteiger partial charge in [0, 0.05) is 19.6 Å². The smallest absolute Gasteiger partial charge is 0.323 e. The van der Waals surface area contributed by atoms with Crippen LogP contribution in [0.15, 0.2) is 0 Å². The van der Waals surface area contributed by atoms with Gasteiger partial charge in [-0.3, -0.25) is 4.79 Å². The number of hydrogen-bond donors (Lipinski definition) is 2. The molecule has 1 fully saturated rings. The molecule has 4 nitrogen and oxygen atoms in total. The van der Waals surface area contributed by atoms with Crippen molar-refractivity contribution in [3.63, 3.8) is 0 Å². The molecule has 3 atom stereocenters. The summed E-state index contributed by atoms with van der Waals surface area (Å²) in [6.45, 7) is 12.0. The maximum Gasteiger partial charge on any atom is 0.323 e. The van der Waals surface area contributed by atoms with Crippen molar-refractivity contribution in [2.24, 2.45) is 11.8 Å². The number of nitrogens with zero attached hydrogens (tertiary/aromatic N) is 1. The summed E-state index contributed by atoms with van der Waals surface area (Å²) in [4.78, 5) is 13.6. The summed E-state index contributed by atoms with van der Waals surface area (Å²) < 4.78 is 0. The third-order valence-corrected chi connectivity index (χ3v) is 4.03. The van der Waals surface area contributed by atoms with Crippen LogP contribution in [-0.4, -0.2) is 47.7 Å². The van der Waals surface area contributed by atoms with Crippen LogP contribution in [0.3, 0.4) is 0 Å². The van der Waals surface area contributed by atoms with Crippen LogP contribution in [0.1, 0.15) is 34.1 Å². The predicted octanol–water partition coefficient (Wildman–Crippen LogP) is 1.42. The molecule has 0 aliphatic carbocycles. The lowest BCUT2D eigenvalue weighted by atomic mass is 9.97. The second kappa shape index (κ2) is 5.83. The van der Waals surface area contributed by atoms with Crippen molar-refractivity contribution in [2.75, 3.05) is 26.2 Å². The number of carboxylic acids is 1. The fraction of sp³-hybridized carbons (Fsp3) is 0.923. The highest BCUT2D eigenvalue weighted by Crippen LogP contribution is 2.23. The van der Waals surface area contributed by atoms with Crippen molar-refractivity contribution in [3.05, 3.63) is 0 Å². The van der Waals surface area contributed by atoms with Gasteiger partial charge in [-0.05, 0) is 31.7 Å². The van der Waals surface area contributed by atoms with Crippen LogP contribution in [0.4, 0.5) is 0 Å². The van der Waals surface area contributed by atoms with Crippen molar-refractivity contribution in [2.45, 2.75) is 39.7 Å². The second-order valence-corrected chi connectivity index (χ2v) is 5.63. The zero-order valence-corrected chi connectivity index (χ0v) is 11.5. The van der Waals surface area contributed by atoms with E-state index in [0.29, 0.717) is 13.0 Å². The van der Waals surface area contributed by atoms with Crippen molar-refractivity contribution in [1.82, 2.24) is 10.2 Å². The van der Waals surface area contributed by atoms with Crippen molar-refractivity contribution in [3.8, 4) is 0 Å². The maximum atomic E-state index is 11.3. The molecule has 0 saturated carbocycles. The first kappa shape index (κ1) is 14.5. The highest BCUT2D eigenvalue weighted by atomic mass is 16.4. The third kappa shape index (κ3) is 3.68. The number of hydrogen-bond acceptors (Lipinski definition) is 3. The number of likely N-dealkylation sites (N-methyl/N-ethyl adjacent to an activating group) is 1. The first-order valence-electron chi connectivity index (χ1n) is 6.60. The standard InChI is InChI=1S/C13H26N2O2/c1-5-14-13(4,12(16)17)6-7-15-8-10(2)11(3)9-15/h10-11,14H,5-9H2,1-4H3,(H,16,17). The van der Waals surface area contributed by atoms with Gasteiger partial charge in [0.05, 0.1) is 0 Å². The largest absolute Gasteiger partial charge is 0.480 e. The number of carboxylic acid groups (broad SMARTS) is 1. The van der Waals surface area contributed by atoms with Crippen LogP contribution in [0.5, 0.6) is 0 Å². The predicted molar refractivity (Wildman–Crippen MR) is 69.1 cm³/mol. The van der Waals surface area contributed by atoms with Crippen LogP contribution >= 0.6 is 0 Å². The number of rotatable bonds is 6. The first-order valence-corrected chi connectivity index (χ1v) is 6.60. The average Bonchev–Trinajstić information content (AvgIpc) is 2.56. The Kier molecular flexibility index (Phi) is 4.95. The van der Waals surface area contributed by atoms with Gasteiger partial charge in [0.15, 0.2) is 0 Å². The Hall–Kier alpha value is -0.610. The summed E-state index contributed by atoms with van der Waals surface area (Å²) in [7, 11) is 0. The second-order valence-electron chi connectivity index (χ2n) is 5.63. The van der Waals surface area contributed by atoms with Gasteiger partial charge in [-0.1, -0.05) is 20.8 Å². The van der Waals surface area contributed by atoms with Gasteiger partial charge in [-0.15, -0.1) is 0 Å². The molecular weight excluding hydrogens is 216 g/mol. The Morgan fingerprint density at radius 2 is 1.94 bits per heavy atom. The molecule has 1 aliphatic rings. The van der Waals surface area contributed by atoms with Crippen LogP contribution in [0, 0.1) is 11.8 Å². The molecule has 0 spiro atoms. The Balaban J connectivity index is 2.45. The molecule has 1 rings (SSSR count). The number of nitrogens with one attached hydrogen (secondary N) is 1. The van der Waals surface area contributed by atoms with Crippen LogP contribution < -0.4 is 5.32 Å². The fourth-order valence-corrected chi connectivity index (χ4v) is 2.47. The monoisotopic (exact) mass is 242 g/mol. The minimum Gasteiger partial charge on any atom is -0.480 e. The molecule has 3 unspecified atom stereocenters. The summed E-state index contributed by atoms with van der Waals surface area (Å²) >= 11 is 0. The highest BCUT2D eigenvalue weighted by molar-refractivity contribution is 5.78. The van der Waals surface area contributed by atoms with Gasteiger partial charge in [-0.2, -0.15) is 0 Å². The number of aliphatic carboxylic acids is 1. The van der Waals surface area contributed by atoms with Gasteiger partial charge < -0.3 is 15.3 Å². The summed E-state index contributed by atoms with van der Waals surface area (Å²) in [5, 5.41) is 12.3. The van der Waals surface area contributed by atoms with Crippen LogP contribution in [0.2, 0.25) is 0 Å². The normalized spacial score (nSPS) is 29.2. The van der Waals surface area contributed by atoms with Crippen LogP contribution in [-0.2, 0) is 4.79 Å². The zero-order chi connectivity index (χ0) is 13.1. The highest BCUT2D eigenvalue weighted by Gasteiger charge is 2.34. The topological polar surface area (TPSA) is 52.6 Å². The lowest BCUT2D eigenvalue weighted by Crippen LogP contribution is -2.51. The Morgan fingerprint density at radius 3 is 2.35 bits per heavy atom. The molecule has 17 heavy (non-hydrogen) atoms. The SMILES string of the molecule is CCNC(C)(CCN1CC(C)C(C)C1)C(=O)O. The summed E-state index contributed by atoms with van der Waals surface area (Å²) in [5.41, 5.74) is -0.788. The van der Waals surface area contributed by atoms with Gasteiger partial charge >= 0.3 is 5.97 Å². The van der Waals surface area contributed by atoms with E-state index in [2.05, 4.69) is 24.1 Å². The van der Waals surface area contributed by atoms with Gasteiger partial charge in [0.25, 0.3) is 0 Å². The molecule has 0 amide bonds. The van der Waals surface area contributed by atoms with E-state index in [1.54, 1.807) is 6.92 Å². The van der Waals surface area contributed by atoms with Crippen LogP contribution in [0.25, 0.3) is 0 Å². The van der Waals surface area contributed by atoms with E-state index in [-0.39, 0.29) is 0 Å². The van der Waals surface area contributed by atoms with Gasteiger partial charge in [0.1, 0.15) is 5.54 Å². The number of carbonyl (C=O) groups is 1. The minimum absolute atomic E-state index is 0.662. The molecule has 100 valence electrons. The summed E-state index contributed by atoms with van der Waals surface area (Å²) in [6, 6.07) is 0. The van der Waals surface area contributed by atoms with E-state index in [4.69, 9.17) is 0 Å². The molecule has 0 bridgehead atoms. The van der Waals surface area contributed by atoms with E-state index in [1.807, 2.05) is 6.92 Å². The summed E-state index contributed by atoms with van der Waals surface area (Å²) in [6.07, 6.45) is 0.662. The van der Waals surface area contributed by atoms with Gasteiger partial charge in [-0.25, -0.2) is 0 Å². The van der Waals surface area contributed by atoms with Crippen molar-refractivity contribution >= 4 is 5.97 Å². The Bertz CT molecular complexity index is 260. The molecule has 0 aromatic rings. The quantitative estimate of drug-likeness (QED) is 0.739. The van der Waals surface area contributed by atoms with E-state index >= 15 is 0 Å². The maximum absolute atomic E-state index is 11.3. The third-order valence-electron chi connectivity index (χ3n) is 4.03. The van der Waals surface area contributed by atoms with E-state index in [0.717, 1.165) is 31.5 Å². The summed E-state index contributed by atoms with van der Waals surface area (Å²) in [5.74, 6) is 0.704. The minimum atomic E-state index is -0.788. The first-order chi connectivity index (χ1) is 7.89. The molecule has 4 heteroatoms. The number of likely N-dealkylation sites (tertiary alicyclic amines) is 1. The molecule has 0 radical (unpaired) electrons. The molecule has 0 aromatic carbocycles. The van der Waals surface area contributed by atoms with E-state index in [1.165, 1.54) is 0 Å². The van der Waals surface area contributed by atoms with E-state index in [9.17, 15) is 9.90 Å². The Morgan fingerprint density at radius 1 is 1.41 bits per heavy atom. The van der Waals surface area contributed by atoms with Gasteiger partial charge in [0.2, 0.25) is 0 Å². The Labute approximate surface area is 104 Å². The zero-order valence-electron chi connectivity index (χ0n) is 11.5. The molecule has 2 N–H and O–H groups in total. The lowest BCUT2D eigenvalue weighted by molar-refractivity contribution is -0.144. The average molecular weight is 242 g/mol. The van der Waals surface area contributed by atoms with Crippen molar-refractivity contribution in [1.29, 1.82) is 0 Å². The molecule has 1 saturated heterocycles. The molecule has 0 aromatic heterocycles. The fourth-order valence-electron chi connectivity index (χ4n) is 2.47. The lowest BCUT2D eigenvalue weighted by Gasteiger charge is -2.28. The van der Waals surface area contributed by atoms with Crippen molar-refractivity contribution < 1.29 is 9.90 Å². The van der Waals surface area contributed by atoms with E-state index < -0.39 is 11.5 Å². The molecule has 1 heterocycles. The molecule has 1 aliphatic heterocycles.